The fraction of sp³-hybridized carbons (Fsp3) is 0.333. The molecule has 3 rings (SSSR count). The molecule has 158 valence electrons. The van der Waals surface area contributed by atoms with E-state index in [1.807, 2.05) is 20.8 Å². The average molecular weight is 431 g/mol. The molecule has 0 saturated carbocycles. The maximum Gasteiger partial charge on any atom is 0.280 e. The van der Waals surface area contributed by atoms with E-state index in [-0.39, 0.29) is 17.1 Å². The molecule has 0 fully saturated rings. The molecule has 30 heavy (non-hydrogen) atoms. The highest BCUT2D eigenvalue weighted by atomic mass is 32.1. The molecule has 0 aliphatic rings. The van der Waals surface area contributed by atoms with Crippen LogP contribution in [0.2, 0.25) is 0 Å². The second-order valence-corrected chi connectivity index (χ2v) is 8.13. The van der Waals surface area contributed by atoms with Gasteiger partial charge in [0.2, 0.25) is 0 Å². The normalized spacial score (nSPS) is 12.4. The molecular formula is C21H23FN4O3S. The Balaban J connectivity index is 2.15. The SMILES string of the molecule is CCC(C)(C)NC(=O)[C@H](c1ccc(C)o1)N(C(=O)c1csnn1)c1cccc(F)c1. The predicted octanol–water partition coefficient (Wildman–Crippen LogP) is 4.27. The zero-order valence-electron chi connectivity index (χ0n) is 17.2. The lowest BCUT2D eigenvalue weighted by Gasteiger charge is -2.33. The van der Waals surface area contributed by atoms with Crippen molar-refractivity contribution in [3.05, 3.63) is 64.8 Å². The van der Waals surface area contributed by atoms with Gasteiger partial charge in [0.05, 0.1) is 0 Å². The average Bonchev–Trinajstić information content (AvgIpc) is 3.37. The van der Waals surface area contributed by atoms with Crippen LogP contribution in [0.3, 0.4) is 0 Å². The van der Waals surface area contributed by atoms with Crippen molar-refractivity contribution >= 4 is 29.0 Å². The summed E-state index contributed by atoms with van der Waals surface area (Å²) in [6.45, 7) is 7.46. The van der Waals surface area contributed by atoms with E-state index >= 15 is 0 Å². The van der Waals surface area contributed by atoms with Crippen molar-refractivity contribution in [1.29, 1.82) is 0 Å². The number of hydrogen-bond donors (Lipinski definition) is 1. The zero-order chi connectivity index (χ0) is 21.9. The monoisotopic (exact) mass is 430 g/mol. The topological polar surface area (TPSA) is 88.3 Å². The van der Waals surface area contributed by atoms with Gasteiger partial charge in [0.25, 0.3) is 11.8 Å². The smallest absolute Gasteiger partial charge is 0.280 e. The molecule has 7 nitrogen and oxygen atoms in total. The number of rotatable bonds is 7. The van der Waals surface area contributed by atoms with Crippen LogP contribution in [-0.2, 0) is 4.79 Å². The third-order valence-corrected chi connectivity index (χ3v) is 5.27. The molecule has 1 atom stereocenters. The number of benzene rings is 1. The van der Waals surface area contributed by atoms with Crippen LogP contribution in [0, 0.1) is 12.7 Å². The van der Waals surface area contributed by atoms with E-state index in [0.29, 0.717) is 12.2 Å². The van der Waals surface area contributed by atoms with E-state index < -0.39 is 29.2 Å². The Labute approximate surface area is 178 Å². The van der Waals surface area contributed by atoms with E-state index in [0.717, 1.165) is 11.5 Å². The van der Waals surface area contributed by atoms with Gasteiger partial charge in [0.1, 0.15) is 17.3 Å². The summed E-state index contributed by atoms with van der Waals surface area (Å²) >= 11 is 1.01. The van der Waals surface area contributed by atoms with Crippen LogP contribution < -0.4 is 10.2 Å². The molecule has 0 spiro atoms. The van der Waals surface area contributed by atoms with Gasteiger partial charge in [-0.3, -0.25) is 14.5 Å². The zero-order valence-corrected chi connectivity index (χ0v) is 18.0. The molecule has 3 aromatic rings. The summed E-state index contributed by atoms with van der Waals surface area (Å²) in [6, 6.07) is 7.67. The van der Waals surface area contributed by atoms with Gasteiger partial charge in [-0.25, -0.2) is 4.39 Å². The molecule has 1 N–H and O–H groups in total. The molecule has 0 saturated heterocycles. The van der Waals surface area contributed by atoms with Crippen molar-refractivity contribution in [3.63, 3.8) is 0 Å². The maximum atomic E-state index is 14.0. The van der Waals surface area contributed by atoms with E-state index in [9.17, 15) is 14.0 Å². The van der Waals surface area contributed by atoms with Crippen LogP contribution in [0.1, 0.15) is 55.2 Å². The van der Waals surface area contributed by atoms with Gasteiger partial charge in [0.15, 0.2) is 11.7 Å². The first kappa shape index (κ1) is 21.6. The van der Waals surface area contributed by atoms with Crippen molar-refractivity contribution in [2.45, 2.75) is 45.7 Å². The summed E-state index contributed by atoms with van der Waals surface area (Å²) in [5.41, 5.74) is -0.257. The number of amides is 2. The van der Waals surface area contributed by atoms with Gasteiger partial charge in [-0.1, -0.05) is 17.5 Å². The highest BCUT2D eigenvalue weighted by molar-refractivity contribution is 7.03. The van der Waals surface area contributed by atoms with Gasteiger partial charge < -0.3 is 9.73 Å². The highest BCUT2D eigenvalue weighted by Crippen LogP contribution is 2.31. The lowest BCUT2D eigenvalue weighted by molar-refractivity contribution is -0.124. The van der Waals surface area contributed by atoms with Crippen molar-refractivity contribution in [2.24, 2.45) is 0 Å². The minimum atomic E-state index is -1.17. The van der Waals surface area contributed by atoms with Crippen molar-refractivity contribution in [1.82, 2.24) is 14.9 Å². The first-order valence-corrected chi connectivity index (χ1v) is 10.3. The highest BCUT2D eigenvalue weighted by Gasteiger charge is 2.38. The van der Waals surface area contributed by atoms with Crippen molar-refractivity contribution in [3.8, 4) is 0 Å². The third-order valence-electron chi connectivity index (χ3n) is 4.77. The quantitative estimate of drug-likeness (QED) is 0.605. The van der Waals surface area contributed by atoms with E-state index in [1.165, 1.54) is 28.5 Å². The van der Waals surface area contributed by atoms with Crippen LogP contribution in [0.4, 0.5) is 10.1 Å². The Kier molecular flexibility index (Phi) is 6.31. The number of carbonyl (C=O) groups is 2. The van der Waals surface area contributed by atoms with Crippen LogP contribution in [0.15, 0.2) is 46.2 Å². The molecule has 9 heteroatoms. The molecule has 0 bridgehead atoms. The summed E-state index contributed by atoms with van der Waals surface area (Å²) in [5, 5.41) is 8.28. The standard InChI is InChI=1S/C21H23FN4O3S/c1-5-21(3,4)23-19(27)18(17-10-9-13(2)29-17)26(15-8-6-7-14(22)11-15)20(28)16-12-30-25-24-16/h6-12,18H,5H2,1-4H3,(H,23,27)/t18-/m0/s1. The van der Waals surface area contributed by atoms with E-state index in [1.54, 1.807) is 25.1 Å². The lowest BCUT2D eigenvalue weighted by atomic mass is 10.0. The molecule has 2 heterocycles. The number of hydrogen-bond acceptors (Lipinski definition) is 6. The lowest BCUT2D eigenvalue weighted by Crippen LogP contribution is -2.50. The molecule has 2 amide bonds. The molecule has 0 aliphatic heterocycles. The number of nitrogens with one attached hydrogen (secondary N) is 1. The maximum absolute atomic E-state index is 14.0. The van der Waals surface area contributed by atoms with Gasteiger partial charge in [-0.2, -0.15) is 0 Å². The first-order valence-electron chi connectivity index (χ1n) is 9.46. The predicted molar refractivity (Wildman–Crippen MR) is 112 cm³/mol. The fourth-order valence-electron chi connectivity index (χ4n) is 2.86. The van der Waals surface area contributed by atoms with Crippen LogP contribution >= 0.6 is 11.5 Å². The number of aryl methyl sites for hydroxylation is 1. The Hall–Kier alpha value is -3.07. The van der Waals surface area contributed by atoms with Gasteiger partial charge in [-0.05, 0) is 69.1 Å². The largest absolute Gasteiger partial charge is 0.464 e. The Bertz CT molecular complexity index is 1030. The molecule has 2 aromatic heterocycles. The summed E-state index contributed by atoms with van der Waals surface area (Å²) in [5.74, 6) is -0.725. The number of halogens is 1. The number of carbonyl (C=O) groups excluding carboxylic acids is 2. The van der Waals surface area contributed by atoms with Gasteiger partial charge in [0, 0.05) is 16.6 Å². The van der Waals surface area contributed by atoms with Crippen LogP contribution in [0.5, 0.6) is 0 Å². The first-order chi connectivity index (χ1) is 14.2. The van der Waals surface area contributed by atoms with Crippen molar-refractivity contribution in [2.75, 3.05) is 4.90 Å². The Morgan fingerprint density at radius 3 is 2.63 bits per heavy atom. The van der Waals surface area contributed by atoms with Crippen LogP contribution in [0.25, 0.3) is 0 Å². The molecule has 0 unspecified atom stereocenters. The van der Waals surface area contributed by atoms with Crippen LogP contribution in [-0.4, -0.2) is 26.9 Å². The molecule has 0 aliphatic carbocycles. The van der Waals surface area contributed by atoms with Crippen molar-refractivity contribution < 1.29 is 18.4 Å². The minimum absolute atomic E-state index is 0.0556. The minimum Gasteiger partial charge on any atom is -0.464 e. The third kappa shape index (κ3) is 4.73. The number of aromatic nitrogens is 2. The summed E-state index contributed by atoms with van der Waals surface area (Å²) in [4.78, 5) is 28.0. The Morgan fingerprint density at radius 1 is 1.30 bits per heavy atom. The van der Waals surface area contributed by atoms with E-state index in [4.69, 9.17) is 4.42 Å². The molecule has 1 aromatic carbocycles. The number of furan rings is 1. The molecular weight excluding hydrogens is 407 g/mol. The number of nitrogens with zero attached hydrogens (tertiary/aromatic N) is 3. The summed E-state index contributed by atoms with van der Waals surface area (Å²) in [7, 11) is 0. The summed E-state index contributed by atoms with van der Waals surface area (Å²) in [6.07, 6.45) is 0.673. The Morgan fingerprint density at radius 2 is 2.07 bits per heavy atom. The van der Waals surface area contributed by atoms with Gasteiger partial charge in [-0.15, -0.1) is 5.10 Å². The second-order valence-electron chi connectivity index (χ2n) is 7.52. The van der Waals surface area contributed by atoms with E-state index in [2.05, 4.69) is 14.9 Å². The fourth-order valence-corrected chi connectivity index (χ4v) is 3.29. The van der Waals surface area contributed by atoms with Gasteiger partial charge >= 0.3 is 0 Å². The number of anilines is 1. The summed E-state index contributed by atoms with van der Waals surface area (Å²) < 4.78 is 23.5. The molecule has 0 radical (unpaired) electrons. The second kappa shape index (κ2) is 8.74.